The Morgan fingerprint density at radius 1 is 1.29 bits per heavy atom. The second kappa shape index (κ2) is 6.85. The van der Waals surface area contributed by atoms with Crippen molar-refractivity contribution < 1.29 is 23.0 Å². The minimum atomic E-state index is -0.689. The molecule has 1 aliphatic heterocycles. The fourth-order valence-electron chi connectivity index (χ4n) is 2.40. The van der Waals surface area contributed by atoms with E-state index in [0.29, 0.717) is 31.5 Å². The van der Waals surface area contributed by atoms with Gasteiger partial charge in [0.25, 0.3) is 0 Å². The fraction of sp³-hybridized carbons (Fsp3) is 0.533. The molecule has 0 spiro atoms. The summed E-state index contributed by atoms with van der Waals surface area (Å²) < 4.78 is 37.7. The van der Waals surface area contributed by atoms with E-state index in [1.165, 1.54) is 19.2 Å². The number of benzene rings is 1. The van der Waals surface area contributed by atoms with Crippen LogP contribution in [-0.2, 0) is 9.53 Å². The number of amides is 1. The van der Waals surface area contributed by atoms with Gasteiger partial charge >= 0.3 is 0 Å². The molecule has 1 fully saturated rings. The van der Waals surface area contributed by atoms with E-state index in [-0.39, 0.29) is 24.4 Å². The van der Waals surface area contributed by atoms with E-state index in [0.717, 1.165) is 0 Å². The second-order valence-corrected chi connectivity index (χ2v) is 5.19. The second-order valence-electron chi connectivity index (χ2n) is 5.19. The lowest BCUT2D eigenvalue weighted by Crippen LogP contribution is -2.43. The Hall–Kier alpha value is -1.69. The highest BCUT2D eigenvalue weighted by atomic mass is 19.1. The Kier molecular flexibility index (Phi) is 5.12. The molecule has 0 saturated carbocycles. The van der Waals surface area contributed by atoms with Crippen molar-refractivity contribution in [1.82, 2.24) is 4.90 Å². The van der Waals surface area contributed by atoms with Crippen molar-refractivity contribution >= 4 is 5.91 Å². The van der Waals surface area contributed by atoms with E-state index >= 15 is 0 Å². The van der Waals surface area contributed by atoms with E-state index < -0.39 is 11.6 Å². The number of nitrogens with zero attached hydrogens (tertiary/aromatic N) is 1. The molecule has 1 aromatic carbocycles. The summed E-state index contributed by atoms with van der Waals surface area (Å²) in [5.41, 5.74) is 0.511. The number of aryl methyl sites for hydroxylation is 1. The predicted molar refractivity (Wildman–Crippen MR) is 73.2 cm³/mol. The normalized spacial score (nSPS) is 16.1. The summed E-state index contributed by atoms with van der Waals surface area (Å²) in [6.07, 6.45) is 0.799. The number of hydrogen-bond donors (Lipinski definition) is 0. The lowest BCUT2D eigenvalue weighted by molar-refractivity contribution is -0.136. The SMILES string of the molecule is COCC(=O)N1CCC(Oc2c(F)cc(C)cc2F)CC1. The molecule has 1 saturated heterocycles. The van der Waals surface area contributed by atoms with E-state index in [2.05, 4.69) is 0 Å². The molecule has 2 rings (SSSR count). The minimum Gasteiger partial charge on any atom is -0.484 e. The van der Waals surface area contributed by atoms with Crippen LogP contribution in [0.1, 0.15) is 18.4 Å². The molecular weight excluding hydrogens is 280 g/mol. The van der Waals surface area contributed by atoms with Crippen LogP contribution in [0.25, 0.3) is 0 Å². The van der Waals surface area contributed by atoms with Crippen molar-refractivity contribution in [3.63, 3.8) is 0 Å². The lowest BCUT2D eigenvalue weighted by Gasteiger charge is -2.32. The zero-order chi connectivity index (χ0) is 15.4. The van der Waals surface area contributed by atoms with Gasteiger partial charge in [0.05, 0.1) is 0 Å². The summed E-state index contributed by atoms with van der Waals surface area (Å²) >= 11 is 0. The largest absolute Gasteiger partial charge is 0.484 e. The number of ether oxygens (including phenoxy) is 2. The topological polar surface area (TPSA) is 38.8 Å². The standard InChI is InChI=1S/C15H19F2NO3/c1-10-7-12(16)15(13(17)8-10)21-11-3-5-18(6-4-11)14(19)9-20-2/h7-8,11H,3-6,9H2,1-2H3. The number of methoxy groups -OCH3 is 1. The molecule has 1 heterocycles. The Balaban J connectivity index is 1.94. The number of piperidine rings is 1. The van der Waals surface area contributed by atoms with Crippen LogP contribution < -0.4 is 4.74 Å². The lowest BCUT2D eigenvalue weighted by atomic mass is 10.1. The molecule has 0 aromatic heterocycles. The highest BCUT2D eigenvalue weighted by molar-refractivity contribution is 5.77. The molecule has 4 nitrogen and oxygen atoms in total. The first-order valence-electron chi connectivity index (χ1n) is 6.90. The van der Waals surface area contributed by atoms with Crippen LogP contribution in [0.5, 0.6) is 5.75 Å². The molecular formula is C15H19F2NO3. The minimum absolute atomic E-state index is 0.0484. The van der Waals surface area contributed by atoms with Gasteiger partial charge in [0.15, 0.2) is 17.4 Å². The molecule has 0 radical (unpaired) electrons. The Morgan fingerprint density at radius 2 is 1.86 bits per heavy atom. The van der Waals surface area contributed by atoms with Crippen molar-refractivity contribution in [2.24, 2.45) is 0 Å². The maximum absolute atomic E-state index is 13.7. The van der Waals surface area contributed by atoms with Gasteiger partial charge < -0.3 is 14.4 Å². The van der Waals surface area contributed by atoms with E-state index in [1.807, 2.05) is 0 Å². The molecule has 0 atom stereocenters. The smallest absolute Gasteiger partial charge is 0.248 e. The third-order valence-corrected chi connectivity index (χ3v) is 3.49. The van der Waals surface area contributed by atoms with Gasteiger partial charge in [-0.2, -0.15) is 0 Å². The monoisotopic (exact) mass is 299 g/mol. The molecule has 6 heteroatoms. The molecule has 1 amide bonds. The van der Waals surface area contributed by atoms with Gasteiger partial charge in [0, 0.05) is 33.0 Å². The Bertz CT molecular complexity index is 491. The number of carbonyl (C=O) groups excluding carboxylic acids is 1. The van der Waals surface area contributed by atoms with Gasteiger partial charge in [0.1, 0.15) is 12.7 Å². The number of rotatable bonds is 4. The molecule has 0 N–H and O–H groups in total. The third kappa shape index (κ3) is 3.91. The van der Waals surface area contributed by atoms with E-state index in [4.69, 9.17) is 9.47 Å². The van der Waals surface area contributed by atoms with Crippen LogP contribution in [0.4, 0.5) is 8.78 Å². The highest BCUT2D eigenvalue weighted by Crippen LogP contribution is 2.26. The number of likely N-dealkylation sites (tertiary alicyclic amines) is 1. The quantitative estimate of drug-likeness (QED) is 0.856. The molecule has 0 aliphatic carbocycles. The van der Waals surface area contributed by atoms with Crippen LogP contribution in [0.3, 0.4) is 0 Å². The summed E-state index contributed by atoms with van der Waals surface area (Å²) in [5.74, 6) is -1.79. The molecule has 21 heavy (non-hydrogen) atoms. The van der Waals surface area contributed by atoms with Crippen LogP contribution in [0.15, 0.2) is 12.1 Å². The van der Waals surface area contributed by atoms with Gasteiger partial charge in [0.2, 0.25) is 5.91 Å². The Labute approximate surface area is 122 Å². The van der Waals surface area contributed by atoms with Gasteiger partial charge in [-0.1, -0.05) is 0 Å². The van der Waals surface area contributed by atoms with Crippen molar-refractivity contribution in [3.8, 4) is 5.75 Å². The first-order chi connectivity index (χ1) is 10.0. The van der Waals surface area contributed by atoms with Crippen LogP contribution in [-0.4, -0.2) is 43.7 Å². The van der Waals surface area contributed by atoms with Gasteiger partial charge in [-0.15, -0.1) is 0 Å². The average molecular weight is 299 g/mol. The van der Waals surface area contributed by atoms with E-state index in [1.54, 1.807) is 11.8 Å². The van der Waals surface area contributed by atoms with Crippen LogP contribution in [0, 0.1) is 18.6 Å². The van der Waals surface area contributed by atoms with Crippen LogP contribution >= 0.6 is 0 Å². The maximum Gasteiger partial charge on any atom is 0.248 e. The first-order valence-corrected chi connectivity index (χ1v) is 6.90. The molecule has 1 aromatic rings. The first kappa shape index (κ1) is 15.7. The predicted octanol–water partition coefficient (Wildman–Crippen LogP) is 2.29. The van der Waals surface area contributed by atoms with E-state index in [9.17, 15) is 13.6 Å². The van der Waals surface area contributed by atoms with Crippen molar-refractivity contribution in [2.75, 3.05) is 26.8 Å². The number of carbonyl (C=O) groups is 1. The summed E-state index contributed by atoms with van der Waals surface area (Å²) in [4.78, 5) is 13.3. The summed E-state index contributed by atoms with van der Waals surface area (Å²) in [5, 5.41) is 0. The number of hydrogen-bond acceptors (Lipinski definition) is 3. The summed E-state index contributed by atoms with van der Waals surface area (Å²) in [7, 11) is 1.47. The van der Waals surface area contributed by atoms with Gasteiger partial charge in [-0.25, -0.2) is 8.78 Å². The van der Waals surface area contributed by atoms with Gasteiger partial charge in [-0.3, -0.25) is 4.79 Å². The van der Waals surface area contributed by atoms with Crippen molar-refractivity contribution in [2.45, 2.75) is 25.9 Å². The molecule has 0 unspecified atom stereocenters. The number of halogens is 2. The average Bonchev–Trinajstić information content (AvgIpc) is 2.43. The van der Waals surface area contributed by atoms with Crippen LogP contribution in [0.2, 0.25) is 0 Å². The Morgan fingerprint density at radius 3 is 2.38 bits per heavy atom. The zero-order valence-corrected chi connectivity index (χ0v) is 12.2. The highest BCUT2D eigenvalue weighted by Gasteiger charge is 2.25. The summed E-state index contributed by atoms with van der Waals surface area (Å²) in [6, 6.07) is 2.49. The fourth-order valence-corrected chi connectivity index (χ4v) is 2.40. The molecule has 1 aliphatic rings. The zero-order valence-electron chi connectivity index (χ0n) is 12.2. The summed E-state index contributed by atoms with van der Waals surface area (Å²) in [6.45, 7) is 2.67. The molecule has 116 valence electrons. The third-order valence-electron chi connectivity index (χ3n) is 3.49. The van der Waals surface area contributed by atoms with Crippen molar-refractivity contribution in [3.05, 3.63) is 29.3 Å². The van der Waals surface area contributed by atoms with Gasteiger partial charge in [-0.05, 0) is 24.6 Å². The van der Waals surface area contributed by atoms with Crippen molar-refractivity contribution in [1.29, 1.82) is 0 Å². The maximum atomic E-state index is 13.7. The molecule has 0 bridgehead atoms.